The van der Waals surface area contributed by atoms with Gasteiger partial charge in [0.2, 0.25) is 0 Å². The molecule has 0 saturated carbocycles. The van der Waals surface area contributed by atoms with E-state index in [-0.39, 0.29) is 5.54 Å². The molecule has 0 fully saturated rings. The van der Waals surface area contributed by atoms with Crippen molar-refractivity contribution in [3.8, 4) is 0 Å². The Morgan fingerprint density at radius 3 is 1.87 bits per heavy atom. The van der Waals surface area contributed by atoms with Crippen LogP contribution in [0.15, 0.2) is 0 Å². The molecule has 0 aromatic carbocycles. The topological polar surface area (TPSA) is 38.0 Å². The van der Waals surface area contributed by atoms with Crippen molar-refractivity contribution in [3.05, 3.63) is 0 Å². The molecule has 0 heterocycles. The van der Waals surface area contributed by atoms with E-state index in [1.165, 1.54) is 6.42 Å². The Hall–Kier alpha value is 0.517. The van der Waals surface area contributed by atoms with Crippen molar-refractivity contribution in [2.75, 3.05) is 13.1 Å². The summed E-state index contributed by atoms with van der Waals surface area (Å²) in [6.07, 6.45) is 1.31. The summed E-state index contributed by atoms with van der Waals surface area (Å²) in [5.74, 6) is 0.652. The molecule has 0 amide bonds. The molecule has 15 heavy (non-hydrogen) atoms. The molecular weight excluding hydrogens is 179 g/mol. The number of hydrogen-bond donors (Lipinski definition) is 2. The second-order valence-electron chi connectivity index (χ2n) is 5.39. The first kappa shape index (κ1) is 17.9. The van der Waals surface area contributed by atoms with Crippen LogP contribution < -0.4 is 11.1 Å². The average Bonchev–Trinajstić information content (AvgIpc) is 2.15. The summed E-state index contributed by atoms with van der Waals surface area (Å²) in [6, 6.07) is 0. The molecule has 0 aliphatic heterocycles. The Labute approximate surface area is 106 Å². The van der Waals surface area contributed by atoms with Crippen LogP contribution in [0.25, 0.3) is 0 Å². The van der Waals surface area contributed by atoms with Crippen molar-refractivity contribution in [2.45, 2.75) is 58.1 Å². The predicted molar refractivity (Wildman–Crippen MR) is 71.4 cm³/mol. The van der Waals surface area contributed by atoms with Crippen LogP contribution in [0.2, 0.25) is 4.59 Å². The minimum atomic E-state index is 0.222. The SMILES string of the molecule is CC(C)C(C)(C)NCCN.[Li][CH](C)CC. The van der Waals surface area contributed by atoms with Crippen molar-refractivity contribution in [3.63, 3.8) is 0 Å². The summed E-state index contributed by atoms with van der Waals surface area (Å²) < 4.78 is 0.884. The Morgan fingerprint density at radius 2 is 1.67 bits per heavy atom. The molecule has 3 heteroatoms. The monoisotopic (exact) mass is 208 g/mol. The molecule has 0 rings (SSSR count). The van der Waals surface area contributed by atoms with Gasteiger partial charge >= 0.3 is 42.6 Å². The summed E-state index contributed by atoms with van der Waals surface area (Å²) in [4.78, 5) is 0. The number of nitrogens with two attached hydrogens (primary N) is 1. The van der Waals surface area contributed by atoms with Crippen LogP contribution in [0, 0.1) is 5.92 Å². The van der Waals surface area contributed by atoms with Crippen LogP contribution in [0.1, 0.15) is 48.0 Å². The van der Waals surface area contributed by atoms with Gasteiger partial charge in [-0.15, -0.1) is 0 Å². The zero-order valence-corrected chi connectivity index (χ0v) is 11.9. The molecular formula is C12H29LiN2. The third kappa shape index (κ3) is 12.4. The number of rotatable bonds is 5. The maximum absolute atomic E-state index is 5.37. The molecule has 0 aliphatic rings. The number of nitrogens with one attached hydrogen (secondary N) is 1. The standard InChI is InChI=1S/C8H20N2.C4H9.Li/c1-7(2)8(3,4)10-6-5-9;1-3-4-2;/h7,10H,5-6,9H2,1-4H3;3H,4H2,1-2H3;. The first-order valence-electron chi connectivity index (χ1n) is 6.23. The fourth-order valence-corrected chi connectivity index (χ4v) is 0.598. The van der Waals surface area contributed by atoms with E-state index in [0.29, 0.717) is 5.92 Å². The molecule has 0 radical (unpaired) electrons. The van der Waals surface area contributed by atoms with Gasteiger partial charge in [-0.2, -0.15) is 0 Å². The number of hydrogen-bond acceptors (Lipinski definition) is 2. The predicted octanol–water partition coefficient (Wildman–Crippen LogP) is 2.34. The fourth-order valence-electron chi connectivity index (χ4n) is 0.598. The Morgan fingerprint density at radius 1 is 1.27 bits per heavy atom. The van der Waals surface area contributed by atoms with Crippen LogP contribution >= 0.6 is 0 Å². The van der Waals surface area contributed by atoms with Gasteiger partial charge in [-0.25, -0.2) is 0 Å². The van der Waals surface area contributed by atoms with Gasteiger partial charge < -0.3 is 11.1 Å². The van der Waals surface area contributed by atoms with Crippen molar-refractivity contribution in [2.24, 2.45) is 11.7 Å². The van der Waals surface area contributed by atoms with Gasteiger partial charge in [0.1, 0.15) is 0 Å². The molecule has 0 spiro atoms. The molecule has 0 saturated heterocycles. The van der Waals surface area contributed by atoms with Gasteiger partial charge in [0.05, 0.1) is 0 Å². The van der Waals surface area contributed by atoms with Crippen molar-refractivity contribution < 1.29 is 0 Å². The van der Waals surface area contributed by atoms with Crippen molar-refractivity contribution in [1.29, 1.82) is 0 Å². The summed E-state index contributed by atoms with van der Waals surface area (Å²) in [5, 5.41) is 3.38. The molecule has 2 nitrogen and oxygen atoms in total. The Balaban J connectivity index is 0. The fraction of sp³-hybridized carbons (Fsp3) is 1.00. The van der Waals surface area contributed by atoms with E-state index in [4.69, 9.17) is 5.73 Å². The minimum absolute atomic E-state index is 0.222. The molecule has 1 atom stereocenters. The normalized spacial score (nSPS) is 13.5. The summed E-state index contributed by atoms with van der Waals surface area (Å²) in [5.41, 5.74) is 5.59. The first-order valence-corrected chi connectivity index (χ1v) is 6.23. The van der Waals surface area contributed by atoms with E-state index >= 15 is 0 Å². The quantitative estimate of drug-likeness (QED) is 0.681. The summed E-state index contributed by atoms with van der Waals surface area (Å²) in [7, 11) is 0. The summed E-state index contributed by atoms with van der Waals surface area (Å²) in [6.45, 7) is 14.9. The molecule has 0 aromatic heterocycles. The van der Waals surface area contributed by atoms with E-state index in [0.717, 1.165) is 17.7 Å². The molecule has 88 valence electrons. The van der Waals surface area contributed by atoms with Crippen LogP contribution in [0.4, 0.5) is 0 Å². The van der Waals surface area contributed by atoms with Crippen LogP contribution in [-0.4, -0.2) is 36.3 Å². The maximum atomic E-state index is 5.37. The van der Waals surface area contributed by atoms with E-state index in [1.54, 1.807) is 0 Å². The Bertz CT molecular complexity index is 134. The van der Waals surface area contributed by atoms with Gasteiger partial charge in [0, 0.05) is 18.6 Å². The first-order chi connectivity index (χ1) is 6.77. The second kappa shape index (κ2) is 9.72. The molecule has 0 aromatic rings. The molecule has 0 aliphatic carbocycles. The van der Waals surface area contributed by atoms with Gasteiger partial charge in [0.15, 0.2) is 0 Å². The zero-order chi connectivity index (χ0) is 12.5. The van der Waals surface area contributed by atoms with Gasteiger partial charge in [-0.3, -0.25) is 0 Å². The van der Waals surface area contributed by atoms with Crippen molar-refractivity contribution in [1.82, 2.24) is 5.32 Å². The van der Waals surface area contributed by atoms with E-state index < -0.39 is 0 Å². The molecule has 1 unspecified atom stereocenters. The molecule has 3 N–H and O–H groups in total. The Kier molecular flexibility index (Phi) is 11.6. The van der Waals surface area contributed by atoms with E-state index in [1.807, 2.05) is 0 Å². The summed E-state index contributed by atoms with van der Waals surface area (Å²) >= 11 is 2.22. The van der Waals surface area contributed by atoms with E-state index in [2.05, 4.69) is 64.6 Å². The van der Waals surface area contributed by atoms with Gasteiger partial charge in [-0.05, 0) is 19.8 Å². The van der Waals surface area contributed by atoms with Gasteiger partial charge in [0.25, 0.3) is 0 Å². The van der Waals surface area contributed by atoms with Gasteiger partial charge in [-0.1, -0.05) is 13.8 Å². The van der Waals surface area contributed by atoms with Crippen LogP contribution in [-0.2, 0) is 0 Å². The van der Waals surface area contributed by atoms with Crippen molar-refractivity contribution >= 4 is 17.7 Å². The zero-order valence-electron chi connectivity index (χ0n) is 11.9. The van der Waals surface area contributed by atoms with Crippen LogP contribution in [0.5, 0.6) is 0 Å². The second-order valence-corrected chi connectivity index (χ2v) is 5.39. The average molecular weight is 208 g/mol. The third-order valence-electron chi connectivity index (χ3n) is 2.98. The van der Waals surface area contributed by atoms with Crippen LogP contribution in [0.3, 0.4) is 0 Å². The third-order valence-corrected chi connectivity index (χ3v) is 2.98. The molecule has 0 bridgehead atoms. The van der Waals surface area contributed by atoms with E-state index in [9.17, 15) is 0 Å².